The molecule has 0 aliphatic heterocycles. The fraction of sp³-hybridized carbons (Fsp3) is 0.267. The molecule has 2 aromatic rings. The van der Waals surface area contributed by atoms with Crippen LogP contribution in [0.25, 0.3) is 0 Å². The molecule has 0 radical (unpaired) electrons. The Balaban J connectivity index is 2.26. The summed E-state index contributed by atoms with van der Waals surface area (Å²) in [6, 6.07) is 7.22. The van der Waals surface area contributed by atoms with Crippen molar-refractivity contribution in [2.45, 2.75) is 20.4 Å². The Bertz CT molecular complexity index is 659. The van der Waals surface area contributed by atoms with Crippen molar-refractivity contribution in [1.82, 2.24) is 15.1 Å². The summed E-state index contributed by atoms with van der Waals surface area (Å²) in [4.78, 5) is 24.0. The average Bonchev–Trinajstić information content (AvgIpc) is 2.90. The third-order valence-electron chi connectivity index (χ3n) is 3.09. The monoisotopic (exact) mass is 286 g/mol. The first-order valence-electron chi connectivity index (χ1n) is 6.72. The van der Waals surface area contributed by atoms with Crippen LogP contribution >= 0.6 is 0 Å². The number of anilines is 1. The van der Waals surface area contributed by atoms with Gasteiger partial charge in [0.25, 0.3) is 11.8 Å². The molecule has 6 heteroatoms. The van der Waals surface area contributed by atoms with E-state index in [1.54, 1.807) is 23.0 Å². The summed E-state index contributed by atoms with van der Waals surface area (Å²) >= 11 is 0. The van der Waals surface area contributed by atoms with E-state index in [0.717, 1.165) is 5.56 Å². The predicted molar refractivity (Wildman–Crippen MR) is 80.4 cm³/mol. The standard InChI is InChI=1S/C15H18N4O2/c1-4-19-9-12(13(18-19)15(21)16-3)17-14(20)11-7-5-10(2)6-8-11/h5-9H,4H2,1-3H3,(H,16,21)(H,17,20). The first-order valence-corrected chi connectivity index (χ1v) is 6.72. The Labute approximate surface area is 123 Å². The zero-order valence-corrected chi connectivity index (χ0v) is 12.3. The molecule has 0 fully saturated rings. The molecule has 1 aromatic carbocycles. The molecule has 0 saturated heterocycles. The fourth-order valence-electron chi connectivity index (χ4n) is 1.86. The highest BCUT2D eigenvalue weighted by Gasteiger charge is 2.17. The van der Waals surface area contributed by atoms with E-state index in [-0.39, 0.29) is 17.5 Å². The average molecular weight is 286 g/mol. The van der Waals surface area contributed by atoms with Gasteiger partial charge in [-0.25, -0.2) is 0 Å². The third kappa shape index (κ3) is 3.28. The van der Waals surface area contributed by atoms with Gasteiger partial charge in [0.05, 0.1) is 5.69 Å². The van der Waals surface area contributed by atoms with E-state index in [0.29, 0.717) is 17.8 Å². The highest BCUT2D eigenvalue weighted by molar-refractivity contribution is 6.08. The van der Waals surface area contributed by atoms with E-state index in [2.05, 4.69) is 15.7 Å². The number of aromatic nitrogens is 2. The zero-order valence-electron chi connectivity index (χ0n) is 12.3. The Hall–Kier alpha value is -2.63. The van der Waals surface area contributed by atoms with Crippen molar-refractivity contribution in [3.8, 4) is 0 Å². The summed E-state index contributed by atoms with van der Waals surface area (Å²) in [5, 5.41) is 9.40. The molecular formula is C15H18N4O2. The maximum Gasteiger partial charge on any atom is 0.273 e. The molecule has 0 unspecified atom stereocenters. The van der Waals surface area contributed by atoms with Gasteiger partial charge >= 0.3 is 0 Å². The smallest absolute Gasteiger partial charge is 0.273 e. The van der Waals surface area contributed by atoms with Gasteiger partial charge in [0, 0.05) is 25.4 Å². The van der Waals surface area contributed by atoms with Crippen molar-refractivity contribution < 1.29 is 9.59 Å². The summed E-state index contributed by atoms with van der Waals surface area (Å²) in [5.74, 6) is -0.600. The molecule has 2 rings (SSSR count). The van der Waals surface area contributed by atoms with Crippen LogP contribution in [-0.4, -0.2) is 28.6 Å². The Morgan fingerprint density at radius 1 is 1.19 bits per heavy atom. The number of amides is 2. The molecule has 110 valence electrons. The quantitative estimate of drug-likeness (QED) is 0.900. The molecular weight excluding hydrogens is 268 g/mol. The van der Waals surface area contributed by atoms with Crippen molar-refractivity contribution in [2.24, 2.45) is 0 Å². The molecule has 0 aliphatic rings. The second-order valence-corrected chi connectivity index (χ2v) is 4.65. The molecule has 2 amide bonds. The van der Waals surface area contributed by atoms with Crippen molar-refractivity contribution in [2.75, 3.05) is 12.4 Å². The first-order chi connectivity index (χ1) is 10.0. The van der Waals surface area contributed by atoms with E-state index < -0.39 is 0 Å². The van der Waals surface area contributed by atoms with Crippen LogP contribution in [0.3, 0.4) is 0 Å². The largest absolute Gasteiger partial charge is 0.354 e. The normalized spacial score (nSPS) is 10.2. The molecule has 0 aliphatic carbocycles. The molecule has 0 spiro atoms. The van der Waals surface area contributed by atoms with E-state index in [1.165, 1.54) is 7.05 Å². The SMILES string of the molecule is CCn1cc(NC(=O)c2ccc(C)cc2)c(C(=O)NC)n1. The molecule has 2 N–H and O–H groups in total. The van der Waals surface area contributed by atoms with Gasteiger partial charge in [-0.05, 0) is 26.0 Å². The highest BCUT2D eigenvalue weighted by atomic mass is 16.2. The van der Waals surface area contributed by atoms with Crippen LogP contribution in [-0.2, 0) is 6.54 Å². The number of nitrogens with one attached hydrogen (secondary N) is 2. The molecule has 21 heavy (non-hydrogen) atoms. The summed E-state index contributed by atoms with van der Waals surface area (Å²) in [6.45, 7) is 4.48. The van der Waals surface area contributed by atoms with Gasteiger partial charge in [-0.1, -0.05) is 17.7 Å². The number of carbonyl (C=O) groups excluding carboxylic acids is 2. The highest BCUT2D eigenvalue weighted by Crippen LogP contribution is 2.15. The minimum atomic E-state index is -0.332. The summed E-state index contributed by atoms with van der Waals surface area (Å²) in [6.07, 6.45) is 1.65. The molecule has 1 aromatic heterocycles. The lowest BCUT2D eigenvalue weighted by Crippen LogP contribution is -2.21. The minimum absolute atomic E-state index is 0.208. The number of hydrogen-bond donors (Lipinski definition) is 2. The number of rotatable bonds is 4. The van der Waals surface area contributed by atoms with E-state index in [1.807, 2.05) is 26.0 Å². The topological polar surface area (TPSA) is 76.0 Å². The molecule has 0 saturated carbocycles. The number of benzene rings is 1. The second-order valence-electron chi connectivity index (χ2n) is 4.65. The summed E-state index contributed by atoms with van der Waals surface area (Å²) in [5.41, 5.74) is 2.23. The van der Waals surface area contributed by atoms with Gasteiger partial charge in [-0.15, -0.1) is 0 Å². The summed E-state index contributed by atoms with van der Waals surface area (Å²) < 4.78 is 1.61. The first kappa shape index (κ1) is 14.8. The van der Waals surface area contributed by atoms with Crippen molar-refractivity contribution in [3.63, 3.8) is 0 Å². The van der Waals surface area contributed by atoms with Crippen LogP contribution < -0.4 is 10.6 Å². The molecule has 6 nitrogen and oxygen atoms in total. The molecule has 0 bridgehead atoms. The Kier molecular flexibility index (Phi) is 4.37. The van der Waals surface area contributed by atoms with E-state index in [9.17, 15) is 9.59 Å². The van der Waals surface area contributed by atoms with Crippen LogP contribution in [0.5, 0.6) is 0 Å². The maximum absolute atomic E-state index is 12.2. The number of aryl methyl sites for hydroxylation is 2. The van der Waals surface area contributed by atoms with E-state index >= 15 is 0 Å². The van der Waals surface area contributed by atoms with Gasteiger partial charge < -0.3 is 10.6 Å². The minimum Gasteiger partial charge on any atom is -0.354 e. The predicted octanol–water partition coefficient (Wildman–Crippen LogP) is 1.82. The van der Waals surface area contributed by atoms with Crippen LogP contribution in [0.15, 0.2) is 30.5 Å². The van der Waals surface area contributed by atoms with Crippen molar-refractivity contribution in [1.29, 1.82) is 0 Å². The lowest BCUT2D eigenvalue weighted by atomic mass is 10.1. The van der Waals surface area contributed by atoms with Gasteiger partial charge in [0.15, 0.2) is 5.69 Å². The van der Waals surface area contributed by atoms with E-state index in [4.69, 9.17) is 0 Å². The third-order valence-corrected chi connectivity index (χ3v) is 3.09. The Morgan fingerprint density at radius 3 is 2.43 bits per heavy atom. The van der Waals surface area contributed by atoms with Crippen LogP contribution in [0, 0.1) is 6.92 Å². The van der Waals surface area contributed by atoms with Crippen LogP contribution in [0.2, 0.25) is 0 Å². The van der Waals surface area contributed by atoms with Gasteiger partial charge in [0.2, 0.25) is 0 Å². The molecule has 1 heterocycles. The lowest BCUT2D eigenvalue weighted by molar-refractivity contribution is 0.0958. The fourth-order valence-corrected chi connectivity index (χ4v) is 1.86. The maximum atomic E-state index is 12.2. The van der Waals surface area contributed by atoms with Gasteiger partial charge in [-0.3, -0.25) is 14.3 Å². The lowest BCUT2D eigenvalue weighted by Gasteiger charge is -2.05. The second kappa shape index (κ2) is 6.21. The number of nitrogens with zero attached hydrogens (tertiary/aromatic N) is 2. The van der Waals surface area contributed by atoms with Crippen molar-refractivity contribution >= 4 is 17.5 Å². The van der Waals surface area contributed by atoms with Gasteiger partial charge in [0.1, 0.15) is 0 Å². The number of carbonyl (C=O) groups is 2. The molecule has 0 atom stereocenters. The van der Waals surface area contributed by atoms with Crippen LogP contribution in [0.1, 0.15) is 33.3 Å². The van der Waals surface area contributed by atoms with Crippen LogP contribution in [0.4, 0.5) is 5.69 Å². The van der Waals surface area contributed by atoms with Gasteiger partial charge in [-0.2, -0.15) is 5.10 Å². The zero-order chi connectivity index (χ0) is 15.4. The Morgan fingerprint density at radius 2 is 1.86 bits per heavy atom. The van der Waals surface area contributed by atoms with Crippen molar-refractivity contribution in [3.05, 3.63) is 47.3 Å². The summed E-state index contributed by atoms with van der Waals surface area (Å²) in [7, 11) is 1.53. The number of hydrogen-bond acceptors (Lipinski definition) is 3.